The quantitative estimate of drug-likeness (QED) is 0.826. The Bertz CT molecular complexity index is 466. The first-order valence-electron chi connectivity index (χ1n) is 5.90. The molecule has 0 aromatic heterocycles. The fourth-order valence-corrected chi connectivity index (χ4v) is 1.62. The van der Waals surface area contributed by atoms with Crippen LogP contribution >= 0.6 is 0 Å². The Hall–Kier alpha value is -1.69. The number of carbonyl (C=O) groups is 1. The molecule has 3 N–H and O–H groups in total. The second kappa shape index (κ2) is 5.97. The number of nitrogens with one attached hydrogen (secondary N) is 1. The average molecular weight is 272 g/mol. The number of primary amides is 1. The highest BCUT2D eigenvalue weighted by molar-refractivity contribution is 5.84. The standard InChI is InChI=1S/C13H18F2N2O2/c1-8(2)17-13(3,12(16)18)7-19-9-4-5-10(14)11(15)6-9/h4-6,8,17H,7H2,1-3H3,(H2,16,18). The van der Waals surface area contributed by atoms with Crippen LogP contribution in [0.25, 0.3) is 0 Å². The Kier molecular flexibility index (Phi) is 4.83. The number of ether oxygens (including phenoxy) is 1. The van der Waals surface area contributed by atoms with Gasteiger partial charge in [-0.3, -0.25) is 10.1 Å². The van der Waals surface area contributed by atoms with Crippen molar-refractivity contribution in [3.63, 3.8) is 0 Å². The minimum absolute atomic E-state index is 0.0195. The second-order valence-corrected chi connectivity index (χ2v) is 4.86. The van der Waals surface area contributed by atoms with Gasteiger partial charge in [-0.25, -0.2) is 8.78 Å². The summed E-state index contributed by atoms with van der Waals surface area (Å²) in [5.74, 6) is -2.40. The molecule has 1 aromatic carbocycles. The summed E-state index contributed by atoms with van der Waals surface area (Å²) in [5, 5.41) is 2.98. The molecule has 1 unspecified atom stereocenters. The molecule has 0 spiro atoms. The summed E-state index contributed by atoms with van der Waals surface area (Å²) in [6, 6.07) is 3.19. The molecule has 0 aliphatic carbocycles. The van der Waals surface area contributed by atoms with Crippen LogP contribution in [0.4, 0.5) is 8.78 Å². The fourth-order valence-electron chi connectivity index (χ4n) is 1.62. The molecule has 0 saturated heterocycles. The molecule has 0 aliphatic rings. The van der Waals surface area contributed by atoms with Gasteiger partial charge in [-0.1, -0.05) is 0 Å². The molecule has 0 heterocycles. The first-order chi connectivity index (χ1) is 8.74. The smallest absolute Gasteiger partial charge is 0.240 e. The Morgan fingerprint density at radius 3 is 2.53 bits per heavy atom. The lowest BCUT2D eigenvalue weighted by Crippen LogP contribution is -2.59. The number of carbonyl (C=O) groups excluding carboxylic acids is 1. The highest BCUT2D eigenvalue weighted by atomic mass is 19.2. The third-order valence-electron chi connectivity index (χ3n) is 2.57. The van der Waals surface area contributed by atoms with Gasteiger partial charge in [0.2, 0.25) is 5.91 Å². The predicted octanol–water partition coefficient (Wildman–Crippen LogP) is 1.59. The van der Waals surface area contributed by atoms with E-state index in [2.05, 4.69) is 5.32 Å². The lowest BCUT2D eigenvalue weighted by Gasteiger charge is -2.29. The zero-order valence-electron chi connectivity index (χ0n) is 11.2. The highest BCUT2D eigenvalue weighted by Crippen LogP contribution is 2.17. The van der Waals surface area contributed by atoms with Crippen molar-refractivity contribution < 1.29 is 18.3 Å². The third kappa shape index (κ3) is 4.17. The minimum atomic E-state index is -1.08. The van der Waals surface area contributed by atoms with Crippen LogP contribution in [-0.4, -0.2) is 24.1 Å². The maximum Gasteiger partial charge on any atom is 0.240 e. The summed E-state index contributed by atoms with van der Waals surface area (Å²) in [7, 11) is 0. The van der Waals surface area contributed by atoms with Crippen LogP contribution in [0.5, 0.6) is 5.75 Å². The molecule has 0 aliphatic heterocycles. The molecule has 0 saturated carbocycles. The van der Waals surface area contributed by atoms with Gasteiger partial charge in [-0.05, 0) is 32.9 Å². The van der Waals surface area contributed by atoms with E-state index in [-0.39, 0.29) is 18.4 Å². The van der Waals surface area contributed by atoms with E-state index in [1.807, 2.05) is 13.8 Å². The molecule has 0 radical (unpaired) electrons. The minimum Gasteiger partial charge on any atom is -0.491 e. The van der Waals surface area contributed by atoms with E-state index in [4.69, 9.17) is 10.5 Å². The van der Waals surface area contributed by atoms with Crippen LogP contribution in [0.1, 0.15) is 20.8 Å². The van der Waals surface area contributed by atoms with Crippen LogP contribution in [0.3, 0.4) is 0 Å². The Balaban J connectivity index is 2.76. The summed E-state index contributed by atoms with van der Waals surface area (Å²) in [6.07, 6.45) is 0. The van der Waals surface area contributed by atoms with Gasteiger partial charge >= 0.3 is 0 Å². The molecule has 6 heteroatoms. The number of benzene rings is 1. The van der Waals surface area contributed by atoms with Crippen LogP contribution < -0.4 is 15.8 Å². The number of hydrogen-bond acceptors (Lipinski definition) is 3. The molecule has 19 heavy (non-hydrogen) atoms. The molecule has 106 valence electrons. The molecule has 1 rings (SSSR count). The van der Waals surface area contributed by atoms with Crippen molar-refractivity contribution in [3.8, 4) is 5.75 Å². The summed E-state index contributed by atoms with van der Waals surface area (Å²) in [4.78, 5) is 11.4. The molecular weight excluding hydrogens is 254 g/mol. The van der Waals surface area contributed by atoms with Gasteiger partial charge in [0.05, 0.1) is 0 Å². The van der Waals surface area contributed by atoms with E-state index >= 15 is 0 Å². The first kappa shape index (κ1) is 15.4. The first-order valence-corrected chi connectivity index (χ1v) is 5.90. The van der Waals surface area contributed by atoms with Crippen LogP contribution in [-0.2, 0) is 4.79 Å². The van der Waals surface area contributed by atoms with Gasteiger partial charge in [0.1, 0.15) is 17.9 Å². The maximum absolute atomic E-state index is 13.0. The molecule has 4 nitrogen and oxygen atoms in total. The number of nitrogens with two attached hydrogens (primary N) is 1. The van der Waals surface area contributed by atoms with Crippen LogP contribution in [0, 0.1) is 11.6 Å². The van der Waals surface area contributed by atoms with Crippen LogP contribution in [0.15, 0.2) is 18.2 Å². The van der Waals surface area contributed by atoms with Crippen molar-refractivity contribution >= 4 is 5.91 Å². The predicted molar refractivity (Wildman–Crippen MR) is 67.7 cm³/mol. The number of halogens is 2. The molecule has 0 bridgehead atoms. The molecule has 1 aromatic rings. The van der Waals surface area contributed by atoms with Gasteiger partial charge in [0, 0.05) is 12.1 Å². The van der Waals surface area contributed by atoms with Crippen molar-refractivity contribution in [3.05, 3.63) is 29.8 Å². The topological polar surface area (TPSA) is 64.3 Å². The van der Waals surface area contributed by atoms with E-state index < -0.39 is 23.1 Å². The van der Waals surface area contributed by atoms with E-state index in [1.165, 1.54) is 6.07 Å². The zero-order chi connectivity index (χ0) is 14.6. The third-order valence-corrected chi connectivity index (χ3v) is 2.57. The Morgan fingerprint density at radius 1 is 1.42 bits per heavy atom. The largest absolute Gasteiger partial charge is 0.491 e. The Morgan fingerprint density at radius 2 is 2.05 bits per heavy atom. The van der Waals surface area contributed by atoms with Crippen molar-refractivity contribution in [2.45, 2.75) is 32.4 Å². The van der Waals surface area contributed by atoms with E-state index in [9.17, 15) is 13.6 Å². The molecular formula is C13H18F2N2O2. The van der Waals surface area contributed by atoms with Gasteiger partial charge in [0.15, 0.2) is 11.6 Å². The summed E-state index contributed by atoms with van der Waals surface area (Å²) >= 11 is 0. The van der Waals surface area contributed by atoms with Crippen molar-refractivity contribution in [2.75, 3.05) is 6.61 Å². The van der Waals surface area contributed by atoms with E-state index in [0.29, 0.717) is 0 Å². The monoisotopic (exact) mass is 272 g/mol. The van der Waals surface area contributed by atoms with Crippen LogP contribution in [0.2, 0.25) is 0 Å². The number of rotatable bonds is 6. The normalized spacial score (nSPS) is 14.2. The van der Waals surface area contributed by atoms with Crippen molar-refractivity contribution in [2.24, 2.45) is 5.73 Å². The summed E-state index contributed by atoms with van der Waals surface area (Å²) < 4.78 is 31.1. The lowest BCUT2D eigenvalue weighted by atomic mass is 10.0. The SMILES string of the molecule is CC(C)NC(C)(COc1ccc(F)c(F)c1)C(N)=O. The van der Waals surface area contributed by atoms with Gasteiger partial charge in [-0.2, -0.15) is 0 Å². The molecule has 0 fully saturated rings. The fraction of sp³-hybridized carbons (Fsp3) is 0.462. The maximum atomic E-state index is 13.0. The highest BCUT2D eigenvalue weighted by Gasteiger charge is 2.32. The van der Waals surface area contributed by atoms with Crippen molar-refractivity contribution in [1.29, 1.82) is 0 Å². The average Bonchev–Trinajstić information content (AvgIpc) is 2.29. The van der Waals surface area contributed by atoms with Crippen molar-refractivity contribution in [1.82, 2.24) is 5.32 Å². The van der Waals surface area contributed by atoms with Gasteiger partial charge in [0.25, 0.3) is 0 Å². The number of hydrogen-bond donors (Lipinski definition) is 2. The van der Waals surface area contributed by atoms with Gasteiger partial charge < -0.3 is 10.5 Å². The van der Waals surface area contributed by atoms with E-state index in [0.717, 1.165) is 12.1 Å². The van der Waals surface area contributed by atoms with Gasteiger partial charge in [-0.15, -0.1) is 0 Å². The molecule has 1 amide bonds. The second-order valence-electron chi connectivity index (χ2n) is 4.86. The number of amides is 1. The molecule has 1 atom stereocenters. The lowest BCUT2D eigenvalue weighted by molar-refractivity contribution is -0.125. The zero-order valence-corrected chi connectivity index (χ0v) is 11.2. The Labute approximate surface area is 110 Å². The van der Waals surface area contributed by atoms with E-state index in [1.54, 1.807) is 6.92 Å². The summed E-state index contributed by atoms with van der Waals surface area (Å²) in [6.45, 7) is 5.23. The summed E-state index contributed by atoms with van der Waals surface area (Å²) in [5.41, 5.74) is 4.24.